The van der Waals surface area contributed by atoms with E-state index in [0.717, 1.165) is 21.8 Å². The Hall–Kier alpha value is -2.99. The number of carbonyl (C=O) groups is 2. The molecule has 4 nitrogen and oxygen atoms in total. The van der Waals surface area contributed by atoms with Crippen molar-refractivity contribution in [2.24, 2.45) is 0 Å². The van der Waals surface area contributed by atoms with E-state index in [1.54, 1.807) is 18.2 Å². The SMILES string of the molecule is O=C(CNc1cc(-c2ccccc2)sc1C(=O)O)Cc1ccc(F)cc1. The van der Waals surface area contributed by atoms with Crippen LogP contribution in [0.5, 0.6) is 0 Å². The van der Waals surface area contributed by atoms with Gasteiger partial charge < -0.3 is 10.4 Å². The summed E-state index contributed by atoms with van der Waals surface area (Å²) < 4.78 is 12.9. The van der Waals surface area contributed by atoms with Gasteiger partial charge >= 0.3 is 5.97 Å². The minimum atomic E-state index is -1.04. The first-order valence-corrected chi connectivity index (χ1v) is 8.77. The second-order valence-corrected chi connectivity index (χ2v) is 6.77. The molecule has 132 valence electrons. The zero-order valence-corrected chi connectivity index (χ0v) is 14.6. The van der Waals surface area contributed by atoms with E-state index in [9.17, 15) is 19.1 Å². The van der Waals surface area contributed by atoms with Crippen LogP contribution < -0.4 is 5.32 Å². The van der Waals surface area contributed by atoms with Crippen LogP contribution in [0.1, 0.15) is 15.2 Å². The Balaban J connectivity index is 1.70. The number of Topliss-reactive ketones (excluding diaryl/α,β-unsaturated/α-hetero) is 1. The minimum Gasteiger partial charge on any atom is -0.477 e. The monoisotopic (exact) mass is 369 g/mol. The Labute approximate surface area is 153 Å². The first-order valence-electron chi connectivity index (χ1n) is 7.95. The maximum absolute atomic E-state index is 12.9. The number of nitrogens with one attached hydrogen (secondary N) is 1. The molecule has 3 rings (SSSR count). The highest BCUT2D eigenvalue weighted by molar-refractivity contribution is 7.18. The number of ketones is 1. The minimum absolute atomic E-state index is 0.00260. The molecular formula is C20H16FNO3S. The number of carbonyl (C=O) groups excluding carboxylic acids is 1. The maximum atomic E-state index is 12.9. The highest BCUT2D eigenvalue weighted by Gasteiger charge is 2.17. The summed E-state index contributed by atoms with van der Waals surface area (Å²) in [5.41, 5.74) is 2.06. The molecule has 3 aromatic rings. The third-order valence-corrected chi connectivity index (χ3v) is 4.95. The number of rotatable bonds is 7. The molecule has 26 heavy (non-hydrogen) atoms. The second kappa shape index (κ2) is 7.93. The fourth-order valence-electron chi connectivity index (χ4n) is 2.51. The first kappa shape index (κ1) is 17.8. The van der Waals surface area contributed by atoms with Gasteiger partial charge in [-0.3, -0.25) is 4.79 Å². The van der Waals surface area contributed by atoms with Crippen molar-refractivity contribution in [3.05, 3.63) is 76.9 Å². The van der Waals surface area contributed by atoms with Gasteiger partial charge in [0.25, 0.3) is 0 Å². The Kier molecular flexibility index (Phi) is 5.43. The molecule has 6 heteroatoms. The average molecular weight is 369 g/mol. The Bertz CT molecular complexity index is 920. The predicted octanol–water partition coefficient (Wildman–Crippen LogP) is 4.48. The lowest BCUT2D eigenvalue weighted by Gasteiger charge is -2.05. The average Bonchev–Trinajstić information content (AvgIpc) is 3.07. The number of carboxylic acid groups (broad SMARTS) is 1. The van der Waals surface area contributed by atoms with E-state index in [2.05, 4.69) is 5.32 Å². The molecule has 0 saturated heterocycles. The zero-order chi connectivity index (χ0) is 18.5. The third-order valence-electron chi connectivity index (χ3n) is 3.78. The van der Waals surface area contributed by atoms with Gasteiger partial charge in [0.05, 0.1) is 12.2 Å². The molecule has 0 amide bonds. The molecule has 1 aromatic heterocycles. The van der Waals surface area contributed by atoms with Gasteiger partial charge in [-0.2, -0.15) is 0 Å². The molecule has 0 saturated carbocycles. The first-order chi connectivity index (χ1) is 12.5. The van der Waals surface area contributed by atoms with Crippen molar-refractivity contribution in [1.82, 2.24) is 0 Å². The topological polar surface area (TPSA) is 66.4 Å². The number of carboxylic acids is 1. The lowest BCUT2D eigenvalue weighted by Crippen LogP contribution is -2.16. The lowest BCUT2D eigenvalue weighted by atomic mass is 10.1. The standard InChI is InChI=1S/C20H16FNO3S/c21-15-8-6-13(7-9-15)10-16(23)12-22-17-11-18(26-19(17)20(24)25)14-4-2-1-3-5-14/h1-9,11,22H,10,12H2,(H,24,25). The molecule has 0 radical (unpaired) electrons. The molecule has 2 aromatic carbocycles. The fraction of sp³-hybridized carbons (Fsp3) is 0.100. The molecular weight excluding hydrogens is 353 g/mol. The van der Waals surface area contributed by atoms with Crippen molar-refractivity contribution in [2.45, 2.75) is 6.42 Å². The number of hydrogen-bond donors (Lipinski definition) is 2. The van der Waals surface area contributed by atoms with Crippen molar-refractivity contribution < 1.29 is 19.1 Å². The summed E-state index contributed by atoms with van der Waals surface area (Å²) in [5, 5.41) is 12.3. The number of hydrogen-bond acceptors (Lipinski definition) is 4. The van der Waals surface area contributed by atoms with Gasteiger partial charge in [0, 0.05) is 11.3 Å². The predicted molar refractivity (Wildman–Crippen MR) is 100 cm³/mol. The van der Waals surface area contributed by atoms with Crippen LogP contribution in [0.3, 0.4) is 0 Å². The van der Waals surface area contributed by atoms with Crippen molar-refractivity contribution in [3.63, 3.8) is 0 Å². The highest BCUT2D eigenvalue weighted by atomic mass is 32.1. The summed E-state index contributed by atoms with van der Waals surface area (Å²) in [5.74, 6) is -1.50. The van der Waals surface area contributed by atoms with E-state index in [0.29, 0.717) is 11.3 Å². The molecule has 0 unspecified atom stereocenters. The fourth-order valence-corrected chi connectivity index (χ4v) is 3.49. The van der Waals surface area contributed by atoms with Gasteiger partial charge in [0.1, 0.15) is 10.7 Å². The normalized spacial score (nSPS) is 10.5. The molecule has 0 atom stereocenters. The van der Waals surface area contributed by atoms with E-state index in [1.165, 1.54) is 12.1 Å². The van der Waals surface area contributed by atoms with Crippen molar-refractivity contribution in [1.29, 1.82) is 0 Å². The number of anilines is 1. The summed E-state index contributed by atoms with van der Waals surface area (Å²) >= 11 is 1.16. The van der Waals surface area contributed by atoms with Crippen LogP contribution >= 0.6 is 11.3 Å². The van der Waals surface area contributed by atoms with Crippen LogP contribution in [0.15, 0.2) is 60.7 Å². The number of halogens is 1. The van der Waals surface area contributed by atoms with Gasteiger partial charge in [-0.1, -0.05) is 42.5 Å². The van der Waals surface area contributed by atoms with Crippen LogP contribution in [0.2, 0.25) is 0 Å². The summed E-state index contributed by atoms with van der Waals surface area (Å²) in [6.07, 6.45) is 0.158. The highest BCUT2D eigenvalue weighted by Crippen LogP contribution is 2.34. The molecule has 0 spiro atoms. The van der Waals surface area contributed by atoms with Crippen molar-refractivity contribution in [3.8, 4) is 10.4 Å². The van der Waals surface area contributed by atoms with E-state index in [4.69, 9.17) is 0 Å². The maximum Gasteiger partial charge on any atom is 0.348 e. The molecule has 2 N–H and O–H groups in total. The Morgan fingerprint density at radius 2 is 1.73 bits per heavy atom. The Morgan fingerprint density at radius 3 is 2.38 bits per heavy atom. The molecule has 0 bridgehead atoms. The van der Waals surface area contributed by atoms with Gasteiger partial charge in [-0.25, -0.2) is 9.18 Å². The number of benzene rings is 2. The lowest BCUT2D eigenvalue weighted by molar-refractivity contribution is -0.116. The smallest absolute Gasteiger partial charge is 0.348 e. The van der Waals surface area contributed by atoms with Gasteiger partial charge in [0.2, 0.25) is 0 Å². The van der Waals surface area contributed by atoms with Gasteiger partial charge in [-0.05, 0) is 29.3 Å². The van der Waals surface area contributed by atoms with E-state index in [1.807, 2.05) is 30.3 Å². The number of thiophene rings is 1. The van der Waals surface area contributed by atoms with E-state index in [-0.39, 0.29) is 29.4 Å². The summed E-state index contributed by atoms with van der Waals surface area (Å²) in [7, 11) is 0. The van der Waals surface area contributed by atoms with Crippen LogP contribution in [0.25, 0.3) is 10.4 Å². The molecule has 0 fully saturated rings. The van der Waals surface area contributed by atoms with Gasteiger partial charge in [-0.15, -0.1) is 11.3 Å². The van der Waals surface area contributed by atoms with Crippen LogP contribution in [-0.2, 0) is 11.2 Å². The molecule has 0 aliphatic rings. The summed E-state index contributed by atoms with van der Waals surface area (Å²) in [4.78, 5) is 24.6. The van der Waals surface area contributed by atoms with E-state index < -0.39 is 5.97 Å². The van der Waals surface area contributed by atoms with Crippen molar-refractivity contribution in [2.75, 3.05) is 11.9 Å². The third kappa shape index (κ3) is 4.34. The molecule has 0 aliphatic heterocycles. The quantitative estimate of drug-likeness (QED) is 0.645. The number of aromatic carboxylic acids is 1. The molecule has 0 aliphatic carbocycles. The largest absolute Gasteiger partial charge is 0.477 e. The van der Waals surface area contributed by atoms with Gasteiger partial charge in [0.15, 0.2) is 5.78 Å². The van der Waals surface area contributed by atoms with E-state index >= 15 is 0 Å². The summed E-state index contributed by atoms with van der Waals surface area (Å²) in [6, 6.07) is 17.0. The summed E-state index contributed by atoms with van der Waals surface area (Å²) in [6.45, 7) is 0.00260. The van der Waals surface area contributed by atoms with Crippen LogP contribution in [0, 0.1) is 5.82 Å². The second-order valence-electron chi connectivity index (χ2n) is 5.72. The molecule has 1 heterocycles. The van der Waals surface area contributed by atoms with Crippen LogP contribution in [-0.4, -0.2) is 23.4 Å². The van der Waals surface area contributed by atoms with Crippen molar-refractivity contribution >= 4 is 28.8 Å². The zero-order valence-electron chi connectivity index (χ0n) is 13.7. The Morgan fingerprint density at radius 1 is 1.04 bits per heavy atom. The van der Waals surface area contributed by atoms with Crippen LogP contribution in [0.4, 0.5) is 10.1 Å².